The van der Waals surface area contributed by atoms with Gasteiger partial charge in [0, 0.05) is 46.2 Å². The standard InChI is InChI=1S/C17H17N3O2S/c1-11(9-14-4-3-12(2)23-14)19-17(21)15-10-16(22-20-15)13-5-7-18-8-6-13/h3-8,10-11H,9H2,1-2H3,(H,19,21)/t11-/m1/s1. The normalized spacial score (nSPS) is 12.1. The van der Waals surface area contributed by atoms with Crippen molar-refractivity contribution in [1.82, 2.24) is 15.5 Å². The van der Waals surface area contributed by atoms with E-state index in [0.29, 0.717) is 5.76 Å². The highest BCUT2D eigenvalue weighted by molar-refractivity contribution is 7.11. The first-order valence-corrected chi connectivity index (χ1v) is 8.17. The number of aryl methyl sites for hydroxylation is 1. The van der Waals surface area contributed by atoms with Gasteiger partial charge in [-0.3, -0.25) is 9.78 Å². The van der Waals surface area contributed by atoms with E-state index in [1.807, 2.05) is 19.1 Å². The van der Waals surface area contributed by atoms with E-state index in [9.17, 15) is 4.79 Å². The van der Waals surface area contributed by atoms with Crippen LogP contribution in [0.25, 0.3) is 11.3 Å². The quantitative estimate of drug-likeness (QED) is 0.779. The van der Waals surface area contributed by atoms with E-state index in [4.69, 9.17) is 4.52 Å². The van der Waals surface area contributed by atoms with Gasteiger partial charge in [0.05, 0.1) is 0 Å². The zero-order chi connectivity index (χ0) is 16.2. The van der Waals surface area contributed by atoms with Gasteiger partial charge in [-0.15, -0.1) is 11.3 Å². The lowest BCUT2D eigenvalue weighted by Gasteiger charge is -2.11. The summed E-state index contributed by atoms with van der Waals surface area (Å²) in [4.78, 5) is 18.7. The third-order valence-corrected chi connectivity index (χ3v) is 4.41. The minimum Gasteiger partial charge on any atom is -0.355 e. The van der Waals surface area contributed by atoms with Crippen LogP contribution < -0.4 is 5.32 Å². The molecule has 1 amide bonds. The van der Waals surface area contributed by atoms with Gasteiger partial charge in [0.1, 0.15) is 0 Å². The molecule has 0 saturated heterocycles. The summed E-state index contributed by atoms with van der Waals surface area (Å²) in [5, 5.41) is 6.80. The number of nitrogens with one attached hydrogen (secondary N) is 1. The molecule has 0 radical (unpaired) electrons. The topological polar surface area (TPSA) is 68.0 Å². The number of rotatable bonds is 5. The molecular weight excluding hydrogens is 310 g/mol. The van der Waals surface area contributed by atoms with E-state index in [1.54, 1.807) is 29.8 Å². The highest BCUT2D eigenvalue weighted by Gasteiger charge is 2.16. The van der Waals surface area contributed by atoms with Crippen LogP contribution in [0.5, 0.6) is 0 Å². The van der Waals surface area contributed by atoms with Crippen LogP contribution in [0, 0.1) is 6.92 Å². The molecule has 3 aromatic heterocycles. The van der Waals surface area contributed by atoms with Crippen molar-refractivity contribution in [2.24, 2.45) is 0 Å². The molecule has 0 aliphatic carbocycles. The molecule has 0 fully saturated rings. The van der Waals surface area contributed by atoms with Gasteiger partial charge in [-0.05, 0) is 38.1 Å². The predicted octanol–water partition coefficient (Wildman–Crippen LogP) is 3.47. The van der Waals surface area contributed by atoms with E-state index in [1.165, 1.54) is 9.75 Å². The maximum Gasteiger partial charge on any atom is 0.273 e. The average Bonchev–Trinajstić information content (AvgIpc) is 3.17. The number of hydrogen-bond donors (Lipinski definition) is 1. The maximum absolute atomic E-state index is 12.3. The lowest BCUT2D eigenvalue weighted by Crippen LogP contribution is -2.34. The Bertz CT molecular complexity index is 795. The fourth-order valence-corrected chi connectivity index (χ4v) is 3.30. The molecule has 0 unspecified atom stereocenters. The van der Waals surface area contributed by atoms with Crippen LogP contribution in [-0.4, -0.2) is 22.1 Å². The Morgan fingerprint density at radius 3 is 2.78 bits per heavy atom. The summed E-state index contributed by atoms with van der Waals surface area (Å²) in [6.07, 6.45) is 4.14. The van der Waals surface area contributed by atoms with Gasteiger partial charge < -0.3 is 9.84 Å². The number of thiophene rings is 1. The van der Waals surface area contributed by atoms with Crippen LogP contribution in [0.4, 0.5) is 0 Å². The summed E-state index contributed by atoms with van der Waals surface area (Å²) >= 11 is 1.75. The fourth-order valence-electron chi connectivity index (χ4n) is 2.28. The monoisotopic (exact) mass is 327 g/mol. The van der Waals surface area contributed by atoms with Gasteiger partial charge in [-0.1, -0.05) is 5.16 Å². The van der Waals surface area contributed by atoms with Gasteiger partial charge in [0.25, 0.3) is 5.91 Å². The first-order chi connectivity index (χ1) is 11.1. The second-order valence-electron chi connectivity index (χ2n) is 5.40. The second kappa shape index (κ2) is 6.75. The van der Waals surface area contributed by atoms with Crippen molar-refractivity contribution in [3.63, 3.8) is 0 Å². The van der Waals surface area contributed by atoms with Gasteiger partial charge in [0.15, 0.2) is 11.5 Å². The molecule has 23 heavy (non-hydrogen) atoms. The first kappa shape index (κ1) is 15.4. The molecule has 0 bridgehead atoms. The van der Waals surface area contributed by atoms with Crippen molar-refractivity contribution < 1.29 is 9.32 Å². The Hall–Kier alpha value is -2.47. The fraction of sp³-hybridized carbons (Fsp3) is 0.235. The SMILES string of the molecule is Cc1ccc(C[C@@H](C)NC(=O)c2cc(-c3ccncc3)on2)s1. The van der Waals surface area contributed by atoms with E-state index >= 15 is 0 Å². The van der Waals surface area contributed by atoms with Crippen molar-refractivity contribution in [3.05, 3.63) is 58.2 Å². The molecule has 5 nitrogen and oxygen atoms in total. The van der Waals surface area contributed by atoms with Crippen molar-refractivity contribution in [3.8, 4) is 11.3 Å². The second-order valence-corrected chi connectivity index (χ2v) is 6.78. The number of amides is 1. The molecule has 1 N–H and O–H groups in total. The highest BCUT2D eigenvalue weighted by atomic mass is 32.1. The average molecular weight is 327 g/mol. The molecule has 3 heterocycles. The molecule has 0 saturated carbocycles. The smallest absolute Gasteiger partial charge is 0.273 e. The van der Waals surface area contributed by atoms with Crippen molar-refractivity contribution in [2.45, 2.75) is 26.3 Å². The lowest BCUT2D eigenvalue weighted by atomic mass is 10.2. The molecule has 3 aromatic rings. The molecule has 0 aliphatic rings. The summed E-state index contributed by atoms with van der Waals surface area (Å²) in [5.41, 5.74) is 1.12. The number of carbonyl (C=O) groups excluding carboxylic acids is 1. The van der Waals surface area contributed by atoms with E-state index in [0.717, 1.165) is 12.0 Å². The molecule has 1 atom stereocenters. The third-order valence-electron chi connectivity index (χ3n) is 3.39. The predicted molar refractivity (Wildman–Crippen MR) is 89.4 cm³/mol. The molecule has 0 aromatic carbocycles. The number of hydrogen-bond acceptors (Lipinski definition) is 5. The van der Waals surface area contributed by atoms with Crippen LogP contribution in [0.2, 0.25) is 0 Å². The van der Waals surface area contributed by atoms with Crippen LogP contribution >= 0.6 is 11.3 Å². The molecule has 118 valence electrons. The van der Waals surface area contributed by atoms with Gasteiger partial charge in [0.2, 0.25) is 0 Å². The van der Waals surface area contributed by atoms with Crippen LogP contribution in [0.1, 0.15) is 27.2 Å². The maximum atomic E-state index is 12.3. The summed E-state index contributed by atoms with van der Waals surface area (Å²) in [6.45, 7) is 4.06. The van der Waals surface area contributed by atoms with Gasteiger partial charge >= 0.3 is 0 Å². The Balaban J connectivity index is 1.63. The molecule has 6 heteroatoms. The summed E-state index contributed by atoms with van der Waals surface area (Å²) < 4.78 is 5.24. The summed E-state index contributed by atoms with van der Waals surface area (Å²) in [7, 11) is 0. The number of pyridine rings is 1. The van der Waals surface area contributed by atoms with Crippen LogP contribution in [-0.2, 0) is 6.42 Å². The highest BCUT2D eigenvalue weighted by Crippen LogP contribution is 2.20. The zero-order valence-corrected chi connectivity index (χ0v) is 13.8. The Kier molecular flexibility index (Phi) is 4.52. The molecule has 3 rings (SSSR count). The van der Waals surface area contributed by atoms with Gasteiger partial charge in [-0.25, -0.2) is 0 Å². The minimum absolute atomic E-state index is 0.0293. The minimum atomic E-state index is -0.227. The third kappa shape index (κ3) is 3.84. The van der Waals surface area contributed by atoms with Crippen LogP contribution in [0.15, 0.2) is 47.2 Å². The van der Waals surface area contributed by atoms with E-state index < -0.39 is 0 Å². The number of aromatic nitrogens is 2. The molecule has 0 aliphatic heterocycles. The number of carbonyl (C=O) groups is 1. The van der Waals surface area contributed by atoms with Crippen LogP contribution in [0.3, 0.4) is 0 Å². The summed E-state index contributed by atoms with van der Waals surface area (Å²) in [5.74, 6) is 0.328. The largest absolute Gasteiger partial charge is 0.355 e. The van der Waals surface area contributed by atoms with Crippen molar-refractivity contribution in [1.29, 1.82) is 0 Å². The van der Waals surface area contributed by atoms with E-state index in [-0.39, 0.29) is 17.6 Å². The van der Waals surface area contributed by atoms with Gasteiger partial charge in [-0.2, -0.15) is 0 Å². The van der Waals surface area contributed by atoms with E-state index in [2.05, 4.69) is 34.5 Å². The number of nitrogens with zero attached hydrogens (tertiary/aromatic N) is 2. The zero-order valence-electron chi connectivity index (χ0n) is 12.9. The lowest BCUT2D eigenvalue weighted by molar-refractivity contribution is 0.0931. The van der Waals surface area contributed by atoms with Crippen molar-refractivity contribution >= 4 is 17.2 Å². The Labute approximate surface area is 138 Å². The first-order valence-electron chi connectivity index (χ1n) is 7.35. The summed E-state index contributed by atoms with van der Waals surface area (Å²) in [6, 6.07) is 9.48. The molecule has 0 spiro atoms. The Morgan fingerprint density at radius 2 is 2.09 bits per heavy atom. The Morgan fingerprint density at radius 1 is 1.30 bits per heavy atom. The molecular formula is C17H17N3O2S. The van der Waals surface area contributed by atoms with Crippen molar-refractivity contribution in [2.75, 3.05) is 0 Å².